The van der Waals surface area contributed by atoms with Crippen LogP contribution in [0.5, 0.6) is 0 Å². The van der Waals surface area contributed by atoms with Gasteiger partial charge in [0.2, 0.25) is 5.17 Å². The summed E-state index contributed by atoms with van der Waals surface area (Å²) in [6.45, 7) is 7.51. The van der Waals surface area contributed by atoms with Gasteiger partial charge in [0.05, 0.1) is 12.1 Å². The topological polar surface area (TPSA) is 39.4 Å². The maximum Gasteiger partial charge on any atom is 0.215 e. The maximum absolute atomic E-state index is 8.61. The van der Waals surface area contributed by atoms with Crippen molar-refractivity contribution in [2.45, 2.75) is 26.2 Å². The molecule has 0 aliphatic heterocycles. The first-order valence-electron chi connectivity index (χ1n) is 5.56. The SMILES string of the molecule is C[Si](C)(C)N(Cc1ccccc1)S/N=C(\Cl)C#N. The first-order valence-corrected chi connectivity index (χ1v) is 10.1. The molecule has 1 rings (SSSR count). The normalized spacial score (nSPS) is 12.6. The second kappa shape index (κ2) is 6.95. The average molecular weight is 298 g/mol. The summed E-state index contributed by atoms with van der Waals surface area (Å²) >= 11 is 6.90. The zero-order chi connectivity index (χ0) is 13.6. The summed E-state index contributed by atoms with van der Waals surface area (Å²) in [5.74, 6) is 0. The molecule has 1 aromatic rings. The van der Waals surface area contributed by atoms with Gasteiger partial charge in [-0.25, -0.2) is 3.97 Å². The van der Waals surface area contributed by atoms with E-state index in [2.05, 4.69) is 40.1 Å². The summed E-state index contributed by atoms with van der Waals surface area (Å²) in [6, 6.07) is 12.0. The smallest absolute Gasteiger partial charge is 0.215 e. The van der Waals surface area contributed by atoms with Crippen LogP contribution < -0.4 is 0 Å². The molecular weight excluding hydrogens is 282 g/mol. The lowest BCUT2D eigenvalue weighted by atomic mass is 10.2. The van der Waals surface area contributed by atoms with Crippen molar-refractivity contribution in [3.05, 3.63) is 35.9 Å². The van der Waals surface area contributed by atoms with E-state index in [9.17, 15) is 0 Å². The van der Waals surface area contributed by atoms with Gasteiger partial charge in [-0.15, -0.1) is 0 Å². The second-order valence-corrected chi connectivity index (χ2v) is 11.1. The molecule has 18 heavy (non-hydrogen) atoms. The third kappa shape index (κ3) is 5.23. The summed E-state index contributed by atoms with van der Waals surface area (Å²) in [4.78, 5) is 0. The minimum atomic E-state index is -1.53. The lowest BCUT2D eigenvalue weighted by Gasteiger charge is -2.30. The van der Waals surface area contributed by atoms with E-state index in [0.29, 0.717) is 0 Å². The van der Waals surface area contributed by atoms with Gasteiger partial charge in [-0.1, -0.05) is 50.0 Å². The summed E-state index contributed by atoms with van der Waals surface area (Å²) in [7, 11) is -1.53. The minimum Gasteiger partial charge on any atom is -0.248 e. The van der Waals surface area contributed by atoms with Crippen molar-refractivity contribution in [3.8, 4) is 6.07 Å². The lowest BCUT2D eigenvalue weighted by Crippen LogP contribution is -2.40. The lowest BCUT2D eigenvalue weighted by molar-refractivity contribution is 0.675. The van der Waals surface area contributed by atoms with Crippen molar-refractivity contribution in [3.63, 3.8) is 0 Å². The van der Waals surface area contributed by atoms with Gasteiger partial charge in [-0.05, 0) is 17.2 Å². The van der Waals surface area contributed by atoms with Crippen LogP contribution in [0.25, 0.3) is 0 Å². The molecule has 0 aliphatic carbocycles. The number of hydrogen-bond acceptors (Lipinski definition) is 4. The molecule has 0 aromatic heterocycles. The van der Waals surface area contributed by atoms with E-state index in [-0.39, 0.29) is 5.17 Å². The van der Waals surface area contributed by atoms with Crippen LogP contribution >= 0.6 is 23.7 Å². The van der Waals surface area contributed by atoms with Crippen LogP contribution in [0.4, 0.5) is 0 Å². The maximum atomic E-state index is 8.61. The third-order valence-corrected chi connectivity index (χ3v) is 6.63. The van der Waals surface area contributed by atoms with Gasteiger partial charge in [-0.2, -0.15) is 9.66 Å². The Morgan fingerprint density at radius 2 is 2.00 bits per heavy atom. The molecule has 96 valence electrons. The van der Waals surface area contributed by atoms with Crippen LogP contribution in [0.2, 0.25) is 19.6 Å². The molecule has 0 heterocycles. The molecule has 0 N–H and O–H groups in total. The van der Waals surface area contributed by atoms with Crippen molar-refractivity contribution in [2.75, 3.05) is 0 Å². The van der Waals surface area contributed by atoms with Gasteiger partial charge in [0.25, 0.3) is 0 Å². The van der Waals surface area contributed by atoms with E-state index < -0.39 is 8.24 Å². The first kappa shape index (κ1) is 15.3. The molecule has 0 amide bonds. The Kier molecular flexibility index (Phi) is 5.89. The standard InChI is InChI=1S/C12H16ClN3SSi/c1-18(2,3)16(17-15-12(13)9-14)10-11-7-5-4-6-8-11/h4-8H,10H2,1-3H3/b15-12-. The highest BCUT2D eigenvalue weighted by Crippen LogP contribution is 2.24. The van der Waals surface area contributed by atoms with Crippen molar-refractivity contribution < 1.29 is 0 Å². The molecule has 0 saturated carbocycles. The number of nitriles is 1. The first-order chi connectivity index (χ1) is 8.43. The third-order valence-electron chi connectivity index (χ3n) is 2.23. The van der Waals surface area contributed by atoms with E-state index in [1.165, 1.54) is 17.7 Å². The van der Waals surface area contributed by atoms with Gasteiger partial charge in [0.1, 0.15) is 14.3 Å². The molecule has 3 nitrogen and oxygen atoms in total. The van der Waals surface area contributed by atoms with Crippen LogP contribution in [0.1, 0.15) is 5.56 Å². The Bertz CT molecular complexity index is 451. The largest absolute Gasteiger partial charge is 0.248 e. The highest BCUT2D eigenvalue weighted by Gasteiger charge is 2.25. The molecule has 0 unspecified atom stereocenters. The van der Waals surface area contributed by atoms with Crippen LogP contribution in [-0.2, 0) is 6.54 Å². The summed E-state index contributed by atoms with van der Waals surface area (Å²) < 4.78 is 6.23. The highest BCUT2D eigenvalue weighted by atomic mass is 35.5. The van der Waals surface area contributed by atoms with Crippen LogP contribution in [0.3, 0.4) is 0 Å². The molecule has 0 fully saturated rings. The van der Waals surface area contributed by atoms with E-state index in [4.69, 9.17) is 16.9 Å². The molecular formula is C12H16ClN3SSi. The molecule has 0 spiro atoms. The number of rotatable bonds is 5. The van der Waals surface area contributed by atoms with Gasteiger partial charge >= 0.3 is 0 Å². The van der Waals surface area contributed by atoms with E-state index in [1.807, 2.05) is 24.3 Å². The fourth-order valence-corrected chi connectivity index (χ4v) is 3.51. The Morgan fingerprint density at radius 1 is 1.39 bits per heavy atom. The molecule has 0 saturated heterocycles. The molecule has 0 atom stereocenters. The van der Waals surface area contributed by atoms with E-state index in [1.54, 1.807) is 0 Å². The zero-order valence-electron chi connectivity index (χ0n) is 10.7. The van der Waals surface area contributed by atoms with Crippen molar-refractivity contribution >= 4 is 37.1 Å². The van der Waals surface area contributed by atoms with E-state index in [0.717, 1.165) is 6.54 Å². The Hall–Kier alpha value is -0.803. The fourth-order valence-electron chi connectivity index (χ4n) is 1.24. The Morgan fingerprint density at radius 3 is 2.50 bits per heavy atom. The van der Waals surface area contributed by atoms with Crippen molar-refractivity contribution in [1.29, 1.82) is 5.26 Å². The highest BCUT2D eigenvalue weighted by molar-refractivity contribution is 7.97. The second-order valence-electron chi connectivity index (χ2n) is 4.77. The van der Waals surface area contributed by atoms with Crippen molar-refractivity contribution in [1.82, 2.24) is 3.97 Å². The van der Waals surface area contributed by atoms with Gasteiger partial charge < -0.3 is 0 Å². The number of hydrogen-bond donors (Lipinski definition) is 0. The van der Waals surface area contributed by atoms with Crippen molar-refractivity contribution in [2.24, 2.45) is 4.40 Å². The molecule has 0 radical (unpaired) electrons. The van der Waals surface area contributed by atoms with Crippen LogP contribution in [0.15, 0.2) is 34.7 Å². The van der Waals surface area contributed by atoms with Gasteiger partial charge in [-0.3, -0.25) is 0 Å². The molecule has 0 aliphatic rings. The zero-order valence-corrected chi connectivity index (χ0v) is 13.3. The monoisotopic (exact) mass is 297 g/mol. The fraction of sp³-hybridized carbons (Fsp3) is 0.333. The summed E-state index contributed by atoms with van der Waals surface area (Å²) in [5.41, 5.74) is 1.23. The quantitative estimate of drug-likeness (QED) is 0.468. The van der Waals surface area contributed by atoms with E-state index >= 15 is 0 Å². The summed E-state index contributed by atoms with van der Waals surface area (Å²) in [6.07, 6.45) is 0. The molecule has 6 heteroatoms. The predicted octanol–water partition coefficient (Wildman–Crippen LogP) is 4.05. The number of nitrogens with zero attached hydrogens (tertiary/aromatic N) is 3. The Labute approximate surface area is 119 Å². The predicted molar refractivity (Wildman–Crippen MR) is 81.8 cm³/mol. The van der Waals surface area contributed by atoms with Crippen LogP contribution in [-0.4, -0.2) is 17.4 Å². The van der Waals surface area contributed by atoms with Gasteiger partial charge in [0.15, 0.2) is 0 Å². The van der Waals surface area contributed by atoms with Gasteiger partial charge in [0, 0.05) is 6.54 Å². The molecule has 0 bridgehead atoms. The minimum absolute atomic E-state index is 0.0173. The number of benzene rings is 1. The molecule has 1 aromatic carbocycles. The summed E-state index contributed by atoms with van der Waals surface area (Å²) in [5, 5.41) is 8.59. The average Bonchev–Trinajstić information content (AvgIpc) is 2.33. The Balaban J connectivity index is 2.78. The van der Waals surface area contributed by atoms with Crippen LogP contribution in [0, 0.1) is 11.3 Å². The number of halogens is 1.